The zero-order valence-corrected chi connectivity index (χ0v) is 15.4. The van der Waals surface area contributed by atoms with Gasteiger partial charge in [0.2, 0.25) is 0 Å². The molecule has 2 heterocycles. The first kappa shape index (κ1) is 18.3. The Morgan fingerprint density at radius 2 is 1.89 bits per heavy atom. The lowest BCUT2D eigenvalue weighted by molar-refractivity contribution is -0.123. The van der Waals surface area contributed by atoms with E-state index in [1.807, 2.05) is 6.92 Å². The first-order valence-corrected chi connectivity index (χ1v) is 8.29. The number of aromatic nitrogens is 4. The Hall–Kier alpha value is -3.49. The summed E-state index contributed by atoms with van der Waals surface area (Å²) in [5.74, 6) is -1.29. The Morgan fingerprint density at radius 1 is 1.22 bits per heavy atom. The summed E-state index contributed by atoms with van der Waals surface area (Å²) in [5, 5.41) is 13.7. The summed E-state index contributed by atoms with van der Waals surface area (Å²) in [7, 11) is 1.77. The molecule has 0 aliphatic rings. The van der Waals surface area contributed by atoms with Crippen LogP contribution in [0.4, 0.5) is 5.69 Å². The van der Waals surface area contributed by atoms with E-state index in [0.29, 0.717) is 22.2 Å². The van der Waals surface area contributed by atoms with Crippen molar-refractivity contribution in [3.8, 4) is 0 Å². The quantitative estimate of drug-likeness (QED) is 0.672. The molecular formula is C18H19N5O4. The van der Waals surface area contributed by atoms with Gasteiger partial charge in [0.1, 0.15) is 0 Å². The normalized spacial score (nSPS) is 12.0. The number of nitrogens with zero attached hydrogens (tertiary/aromatic N) is 3. The van der Waals surface area contributed by atoms with Gasteiger partial charge in [-0.3, -0.25) is 14.3 Å². The number of carbonyl (C=O) groups is 2. The van der Waals surface area contributed by atoms with Crippen LogP contribution < -0.4 is 10.9 Å². The molecule has 0 saturated heterocycles. The molecule has 0 bridgehead atoms. The van der Waals surface area contributed by atoms with Crippen molar-refractivity contribution in [3.05, 3.63) is 51.7 Å². The van der Waals surface area contributed by atoms with Crippen molar-refractivity contribution in [1.29, 1.82) is 0 Å². The highest BCUT2D eigenvalue weighted by atomic mass is 16.5. The second-order valence-corrected chi connectivity index (χ2v) is 6.15. The van der Waals surface area contributed by atoms with Gasteiger partial charge in [0, 0.05) is 12.4 Å². The SMILES string of the molecule is Cc1nn(C)c(C)c1NC(=O)[C@H](C)OC(=O)c1n[nH]c(=O)c2ccccc12. The first-order chi connectivity index (χ1) is 12.8. The van der Waals surface area contributed by atoms with Crippen LogP contribution in [0.2, 0.25) is 0 Å². The molecular weight excluding hydrogens is 350 g/mol. The average molecular weight is 369 g/mol. The molecule has 0 saturated carbocycles. The minimum atomic E-state index is -1.07. The van der Waals surface area contributed by atoms with E-state index in [-0.39, 0.29) is 5.69 Å². The van der Waals surface area contributed by atoms with Crippen LogP contribution in [0.5, 0.6) is 0 Å². The second-order valence-electron chi connectivity index (χ2n) is 6.15. The summed E-state index contributed by atoms with van der Waals surface area (Å²) >= 11 is 0. The number of fused-ring (bicyclic) bond motifs is 1. The maximum atomic E-state index is 12.5. The summed E-state index contributed by atoms with van der Waals surface area (Å²) in [6, 6.07) is 6.55. The molecule has 2 N–H and O–H groups in total. The molecule has 0 unspecified atom stereocenters. The largest absolute Gasteiger partial charge is 0.448 e. The number of hydrogen-bond donors (Lipinski definition) is 2. The van der Waals surface area contributed by atoms with Gasteiger partial charge in [0.05, 0.1) is 22.5 Å². The van der Waals surface area contributed by atoms with Gasteiger partial charge in [0.15, 0.2) is 11.8 Å². The van der Waals surface area contributed by atoms with E-state index in [1.165, 1.54) is 6.92 Å². The standard InChI is InChI=1S/C18H19N5O4/c1-9-14(10(2)23(4)22-9)19-16(24)11(3)27-18(26)15-12-7-5-6-8-13(12)17(25)21-20-15/h5-8,11H,1-4H3,(H,19,24)(H,21,25)/t11-/m0/s1. The lowest BCUT2D eigenvalue weighted by Gasteiger charge is -2.14. The predicted molar refractivity (Wildman–Crippen MR) is 98.6 cm³/mol. The van der Waals surface area contributed by atoms with Crippen molar-refractivity contribution in [1.82, 2.24) is 20.0 Å². The molecule has 9 nitrogen and oxygen atoms in total. The molecule has 0 radical (unpaired) electrons. The van der Waals surface area contributed by atoms with Gasteiger partial charge in [-0.1, -0.05) is 18.2 Å². The smallest absolute Gasteiger partial charge is 0.360 e. The molecule has 1 aromatic carbocycles. The fraction of sp³-hybridized carbons (Fsp3) is 0.278. The Labute approximate surface area is 154 Å². The molecule has 0 fully saturated rings. The van der Waals surface area contributed by atoms with Crippen LogP contribution in [-0.2, 0) is 16.6 Å². The van der Waals surface area contributed by atoms with Crippen LogP contribution in [0.1, 0.15) is 28.8 Å². The van der Waals surface area contributed by atoms with Crippen LogP contribution in [0.3, 0.4) is 0 Å². The van der Waals surface area contributed by atoms with Gasteiger partial charge >= 0.3 is 5.97 Å². The Bertz CT molecular complexity index is 1100. The number of hydrogen-bond acceptors (Lipinski definition) is 6. The minimum absolute atomic E-state index is 0.0569. The number of aryl methyl sites for hydroxylation is 2. The first-order valence-electron chi connectivity index (χ1n) is 8.29. The summed E-state index contributed by atoms with van der Waals surface area (Å²) in [4.78, 5) is 36.7. The van der Waals surface area contributed by atoms with E-state index in [9.17, 15) is 14.4 Å². The maximum absolute atomic E-state index is 12.5. The molecule has 0 spiro atoms. The number of anilines is 1. The number of amides is 1. The summed E-state index contributed by atoms with van der Waals surface area (Å²) < 4.78 is 6.89. The lowest BCUT2D eigenvalue weighted by Crippen LogP contribution is -2.31. The summed E-state index contributed by atoms with van der Waals surface area (Å²) in [6.07, 6.45) is -1.07. The number of aromatic amines is 1. The number of ether oxygens (including phenoxy) is 1. The third-order valence-electron chi connectivity index (χ3n) is 4.30. The van der Waals surface area contributed by atoms with Gasteiger partial charge in [-0.2, -0.15) is 10.2 Å². The maximum Gasteiger partial charge on any atom is 0.360 e. The number of benzene rings is 1. The van der Waals surface area contributed by atoms with Gasteiger partial charge in [-0.25, -0.2) is 9.89 Å². The third-order valence-corrected chi connectivity index (χ3v) is 4.30. The highest BCUT2D eigenvalue weighted by Crippen LogP contribution is 2.19. The van der Waals surface area contributed by atoms with Crippen molar-refractivity contribution in [3.63, 3.8) is 0 Å². The molecule has 2 aromatic heterocycles. The van der Waals surface area contributed by atoms with Gasteiger partial charge in [-0.15, -0.1) is 0 Å². The van der Waals surface area contributed by atoms with Crippen molar-refractivity contribution < 1.29 is 14.3 Å². The van der Waals surface area contributed by atoms with Crippen molar-refractivity contribution >= 4 is 28.3 Å². The number of nitrogens with one attached hydrogen (secondary N) is 2. The van der Waals surface area contributed by atoms with Crippen LogP contribution >= 0.6 is 0 Å². The van der Waals surface area contributed by atoms with Crippen LogP contribution in [-0.4, -0.2) is 38.0 Å². The van der Waals surface area contributed by atoms with Gasteiger partial charge < -0.3 is 10.1 Å². The third kappa shape index (κ3) is 3.43. The fourth-order valence-electron chi connectivity index (χ4n) is 2.72. The van der Waals surface area contributed by atoms with E-state index in [1.54, 1.807) is 42.9 Å². The zero-order valence-electron chi connectivity index (χ0n) is 15.4. The molecule has 140 valence electrons. The van der Waals surface area contributed by atoms with E-state index in [0.717, 1.165) is 5.69 Å². The Balaban J connectivity index is 1.79. The molecule has 1 atom stereocenters. The van der Waals surface area contributed by atoms with Crippen LogP contribution in [0, 0.1) is 13.8 Å². The lowest BCUT2D eigenvalue weighted by atomic mass is 10.1. The molecule has 9 heteroatoms. The van der Waals surface area contributed by atoms with E-state index in [4.69, 9.17) is 4.74 Å². The fourth-order valence-corrected chi connectivity index (χ4v) is 2.72. The average Bonchev–Trinajstić information content (AvgIpc) is 2.88. The van der Waals surface area contributed by atoms with Crippen LogP contribution in [0.15, 0.2) is 29.1 Å². The molecule has 3 aromatic rings. The number of rotatable bonds is 4. The topological polar surface area (TPSA) is 119 Å². The number of carbonyl (C=O) groups excluding carboxylic acids is 2. The number of H-pyrrole nitrogens is 1. The summed E-state index contributed by atoms with van der Waals surface area (Å²) in [5.41, 5.74) is 1.56. The van der Waals surface area contributed by atoms with Gasteiger partial charge in [-0.05, 0) is 26.8 Å². The summed E-state index contributed by atoms with van der Waals surface area (Å²) in [6.45, 7) is 5.06. The number of esters is 1. The monoisotopic (exact) mass is 369 g/mol. The van der Waals surface area contributed by atoms with Crippen LogP contribution in [0.25, 0.3) is 10.8 Å². The highest BCUT2D eigenvalue weighted by Gasteiger charge is 2.23. The van der Waals surface area contributed by atoms with Crippen molar-refractivity contribution in [2.75, 3.05) is 5.32 Å². The molecule has 27 heavy (non-hydrogen) atoms. The van der Waals surface area contributed by atoms with E-state index in [2.05, 4.69) is 20.6 Å². The molecule has 0 aliphatic carbocycles. The van der Waals surface area contributed by atoms with Crippen molar-refractivity contribution in [2.24, 2.45) is 7.05 Å². The van der Waals surface area contributed by atoms with Crippen molar-refractivity contribution in [2.45, 2.75) is 26.9 Å². The van der Waals surface area contributed by atoms with E-state index >= 15 is 0 Å². The Morgan fingerprint density at radius 3 is 2.52 bits per heavy atom. The second kappa shape index (κ2) is 7.02. The Kier molecular flexibility index (Phi) is 4.76. The molecule has 3 rings (SSSR count). The highest BCUT2D eigenvalue weighted by molar-refractivity contribution is 6.03. The van der Waals surface area contributed by atoms with Gasteiger partial charge in [0.25, 0.3) is 11.5 Å². The minimum Gasteiger partial charge on any atom is -0.448 e. The predicted octanol–water partition coefficient (Wildman–Crippen LogP) is 1.46. The molecule has 1 amide bonds. The zero-order chi connectivity index (χ0) is 19.7. The molecule has 0 aliphatic heterocycles. The van der Waals surface area contributed by atoms with E-state index < -0.39 is 23.5 Å².